The smallest absolute Gasteiger partial charge is 0.237 e. The largest absolute Gasteiger partial charge is 0.486 e. The Bertz CT molecular complexity index is 964. The van der Waals surface area contributed by atoms with Gasteiger partial charge in [-0.3, -0.25) is 4.79 Å². The second-order valence-corrected chi connectivity index (χ2v) is 7.19. The molecule has 1 atom stereocenters. The van der Waals surface area contributed by atoms with Crippen LogP contribution in [-0.2, 0) is 11.4 Å². The first-order valence-corrected chi connectivity index (χ1v) is 9.65. The highest BCUT2D eigenvalue weighted by Crippen LogP contribution is 2.25. The van der Waals surface area contributed by atoms with Gasteiger partial charge in [0.15, 0.2) is 5.82 Å². The van der Waals surface area contributed by atoms with Gasteiger partial charge in [-0.1, -0.05) is 18.7 Å². The average molecular weight is 419 g/mol. The predicted molar refractivity (Wildman–Crippen MR) is 106 cm³/mol. The lowest BCUT2D eigenvalue weighted by molar-refractivity contribution is -0.115. The Morgan fingerprint density at radius 2 is 1.76 bits per heavy atom. The van der Waals surface area contributed by atoms with Gasteiger partial charge in [-0.25, -0.2) is 13.5 Å². The molecule has 0 fully saturated rings. The van der Waals surface area contributed by atoms with E-state index in [1.54, 1.807) is 0 Å². The molecule has 152 valence electrons. The molecule has 0 aliphatic rings. The van der Waals surface area contributed by atoms with E-state index in [-0.39, 0.29) is 24.1 Å². The lowest BCUT2D eigenvalue weighted by atomic mass is 10.2. The third-order valence-corrected chi connectivity index (χ3v) is 5.26. The second kappa shape index (κ2) is 9.37. The molecule has 2 aromatic carbocycles. The number of nitrogens with two attached hydrogens (primary N) is 1. The highest BCUT2D eigenvalue weighted by atomic mass is 32.2. The van der Waals surface area contributed by atoms with E-state index in [1.165, 1.54) is 53.2 Å². The van der Waals surface area contributed by atoms with Crippen molar-refractivity contribution >= 4 is 23.4 Å². The molecule has 7 nitrogen and oxygen atoms in total. The third-order valence-electron chi connectivity index (χ3n) is 3.94. The number of carbonyl (C=O) groups is 1. The average Bonchev–Trinajstić information content (AvgIpc) is 3.06. The van der Waals surface area contributed by atoms with Gasteiger partial charge < -0.3 is 15.9 Å². The number of hydrogen-bond donors (Lipinski definition) is 2. The normalized spacial score (nSPS) is 11.8. The molecule has 1 aromatic heterocycles. The number of halogens is 2. The summed E-state index contributed by atoms with van der Waals surface area (Å²) in [7, 11) is 0. The van der Waals surface area contributed by atoms with Gasteiger partial charge in [0.25, 0.3) is 0 Å². The Morgan fingerprint density at radius 3 is 2.38 bits per heavy atom. The van der Waals surface area contributed by atoms with Crippen molar-refractivity contribution < 1.29 is 18.3 Å². The van der Waals surface area contributed by atoms with Gasteiger partial charge in [-0.2, -0.15) is 0 Å². The molecular weight excluding hydrogens is 400 g/mol. The molecule has 0 saturated carbocycles. The monoisotopic (exact) mass is 419 g/mol. The van der Waals surface area contributed by atoms with Crippen LogP contribution in [0.25, 0.3) is 0 Å². The van der Waals surface area contributed by atoms with Crippen LogP contribution in [0, 0.1) is 11.6 Å². The van der Waals surface area contributed by atoms with Crippen molar-refractivity contribution in [3.8, 4) is 5.75 Å². The van der Waals surface area contributed by atoms with Crippen LogP contribution in [0.5, 0.6) is 5.75 Å². The number of benzene rings is 2. The van der Waals surface area contributed by atoms with Crippen LogP contribution in [-0.4, -0.2) is 26.0 Å². The van der Waals surface area contributed by atoms with Crippen LogP contribution >= 0.6 is 11.8 Å². The molecule has 3 aromatic rings. The van der Waals surface area contributed by atoms with Crippen molar-refractivity contribution in [2.75, 3.05) is 11.2 Å². The van der Waals surface area contributed by atoms with Crippen LogP contribution in [0.2, 0.25) is 0 Å². The van der Waals surface area contributed by atoms with Gasteiger partial charge in [-0.15, -0.1) is 10.2 Å². The van der Waals surface area contributed by atoms with E-state index in [4.69, 9.17) is 10.6 Å². The standard InChI is InChI=1S/C19H19F2N5O2S/c1-2-16(18(27)23-14-7-3-12(20)4-8-14)29-19-25-24-17(26(19)22)11-28-15-9-5-13(21)6-10-15/h3-10,16H,2,11,22H2,1H3,(H,23,27). The first-order valence-electron chi connectivity index (χ1n) is 8.77. The maximum absolute atomic E-state index is 13.0. The fraction of sp³-hybridized carbons (Fsp3) is 0.211. The van der Waals surface area contributed by atoms with Crippen LogP contribution in [0.1, 0.15) is 19.2 Å². The van der Waals surface area contributed by atoms with Crippen molar-refractivity contribution in [2.45, 2.75) is 30.4 Å². The number of amides is 1. The maximum atomic E-state index is 13.0. The topological polar surface area (TPSA) is 95.1 Å². The number of nitrogens with zero attached hydrogens (tertiary/aromatic N) is 3. The minimum Gasteiger partial charge on any atom is -0.486 e. The third kappa shape index (κ3) is 5.44. The molecule has 0 bridgehead atoms. The summed E-state index contributed by atoms with van der Waals surface area (Å²) in [5.41, 5.74) is 0.498. The number of rotatable bonds is 8. The van der Waals surface area contributed by atoms with Gasteiger partial charge >= 0.3 is 0 Å². The number of hydrogen-bond acceptors (Lipinski definition) is 6. The molecule has 3 rings (SSSR count). The zero-order valence-electron chi connectivity index (χ0n) is 15.5. The zero-order valence-corrected chi connectivity index (χ0v) is 16.3. The molecule has 1 unspecified atom stereocenters. The number of ether oxygens (including phenoxy) is 1. The minimum atomic E-state index is -0.475. The van der Waals surface area contributed by atoms with E-state index in [9.17, 15) is 13.6 Å². The summed E-state index contributed by atoms with van der Waals surface area (Å²) in [5, 5.41) is 10.6. The van der Waals surface area contributed by atoms with E-state index in [0.717, 1.165) is 11.8 Å². The molecular formula is C19H19F2N5O2S. The molecule has 29 heavy (non-hydrogen) atoms. The van der Waals surface area contributed by atoms with E-state index in [2.05, 4.69) is 15.5 Å². The van der Waals surface area contributed by atoms with Crippen LogP contribution in [0.4, 0.5) is 14.5 Å². The van der Waals surface area contributed by atoms with Gasteiger partial charge in [0, 0.05) is 5.69 Å². The summed E-state index contributed by atoms with van der Waals surface area (Å²) in [6.07, 6.45) is 0.520. The Balaban J connectivity index is 1.61. The molecule has 3 N–H and O–H groups in total. The van der Waals surface area contributed by atoms with Crippen molar-refractivity contribution in [2.24, 2.45) is 0 Å². The van der Waals surface area contributed by atoms with E-state index >= 15 is 0 Å². The number of thioether (sulfide) groups is 1. The van der Waals surface area contributed by atoms with Crippen molar-refractivity contribution in [3.63, 3.8) is 0 Å². The van der Waals surface area contributed by atoms with E-state index in [1.807, 2.05) is 6.92 Å². The lowest BCUT2D eigenvalue weighted by Gasteiger charge is -2.14. The molecule has 0 aliphatic carbocycles. The molecule has 0 saturated heterocycles. The lowest BCUT2D eigenvalue weighted by Crippen LogP contribution is -2.26. The van der Waals surface area contributed by atoms with Gasteiger partial charge in [0.2, 0.25) is 11.1 Å². The molecule has 10 heteroatoms. The van der Waals surface area contributed by atoms with Gasteiger partial charge in [0.1, 0.15) is 24.0 Å². The number of aromatic nitrogens is 3. The van der Waals surface area contributed by atoms with Crippen molar-refractivity contribution in [1.29, 1.82) is 0 Å². The summed E-state index contributed by atoms with van der Waals surface area (Å²) in [4.78, 5) is 12.5. The van der Waals surface area contributed by atoms with Gasteiger partial charge in [-0.05, 0) is 55.0 Å². The van der Waals surface area contributed by atoms with E-state index < -0.39 is 5.25 Å². The van der Waals surface area contributed by atoms with Crippen LogP contribution in [0.3, 0.4) is 0 Å². The predicted octanol–water partition coefficient (Wildman–Crippen LogP) is 3.36. The summed E-state index contributed by atoms with van der Waals surface area (Å²) in [6, 6.07) is 11.1. The number of carbonyl (C=O) groups excluding carboxylic acids is 1. The molecule has 0 radical (unpaired) electrons. The second-order valence-electron chi connectivity index (χ2n) is 6.02. The summed E-state index contributed by atoms with van der Waals surface area (Å²) < 4.78 is 32.7. The minimum absolute atomic E-state index is 0.0360. The Labute approximate surface area is 170 Å². The number of anilines is 1. The molecule has 0 spiro atoms. The molecule has 1 amide bonds. The quantitative estimate of drug-likeness (QED) is 0.429. The van der Waals surface area contributed by atoms with Gasteiger partial charge in [0.05, 0.1) is 5.25 Å². The summed E-state index contributed by atoms with van der Waals surface area (Å²) in [6.45, 7) is 1.89. The molecule has 1 heterocycles. The van der Waals surface area contributed by atoms with Crippen LogP contribution in [0.15, 0.2) is 53.7 Å². The SMILES string of the molecule is CCC(Sc1nnc(COc2ccc(F)cc2)n1N)C(=O)Nc1ccc(F)cc1. The fourth-order valence-electron chi connectivity index (χ4n) is 2.37. The Hall–Kier alpha value is -3.14. The maximum Gasteiger partial charge on any atom is 0.237 e. The highest BCUT2D eigenvalue weighted by Gasteiger charge is 2.22. The molecule has 0 aliphatic heterocycles. The summed E-state index contributed by atoms with van der Waals surface area (Å²) in [5.74, 6) is 5.85. The summed E-state index contributed by atoms with van der Waals surface area (Å²) >= 11 is 1.16. The first-order chi connectivity index (χ1) is 14.0. The zero-order chi connectivity index (χ0) is 20.8. The highest BCUT2D eigenvalue weighted by molar-refractivity contribution is 8.00. The number of nitrogens with one attached hydrogen (secondary N) is 1. The Morgan fingerprint density at radius 1 is 1.14 bits per heavy atom. The Kier molecular flexibility index (Phi) is 6.65. The van der Waals surface area contributed by atoms with E-state index in [0.29, 0.717) is 28.8 Å². The van der Waals surface area contributed by atoms with Crippen molar-refractivity contribution in [3.05, 3.63) is 66.0 Å². The fourth-order valence-corrected chi connectivity index (χ4v) is 3.26. The first kappa shape index (κ1) is 20.6. The van der Waals surface area contributed by atoms with Crippen LogP contribution < -0.4 is 15.9 Å². The van der Waals surface area contributed by atoms with Crippen molar-refractivity contribution in [1.82, 2.24) is 14.9 Å². The number of nitrogen functional groups attached to an aromatic ring is 1.